The molecule has 1 N–H and O–H groups in total. The van der Waals surface area contributed by atoms with Gasteiger partial charge >= 0.3 is 0 Å². The summed E-state index contributed by atoms with van der Waals surface area (Å²) in [5, 5.41) is 7.77. The van der Waals surface area contributed by atoms with Gasteiger partial charge in [0.1, 0.15) is 11.7 Å². The first kappa shape index (κ1) is 13.1. The fourth-order valence-electron chi connectivity index (χ4n) is 2.64. The zero-order chi connectivity index (χ0) is 13.5. The molecule has 1 amide bonds. The van der Waals surface area contributed by atoms with Gasteiger partial charge in [-0.15, -0.1) is 0 Å². The molecule has 1 aromatic rings. The van der Waals surface area contributed by atoms with Crippen LogP contribution < -0.4 is 5.32 Å². The van der Waals surface area contributed by atoms with Crippen LogP contribution in [-0.2, 0) is 4.79 Å². The number of rotatable bonds is 5. The van der Waals surface area contributed by atoms with Crippen LogP contribution in [-0.4, -0.2) is 47.9 Å². The fourth-order valence-corrected chi connectivity index (χ4v) is 3.32. The van der Waals surface area contributed by atoms with Crippen molar-refractivity contribution >= 4 is 17.2 Å². The normalized spacial score (nSPS) is 24.7. The molecule has 0 bridgehead atoms. The molecule has 104 valence electrons. The van der Waals surface area contributed by atoms with E-state index < -0.39 is 0 Å². The van der Waals surface area contributed by atoms with E-state index in [0.717, 1.165) is 32.5 Å². The van der Waals surface area contributed by atoms with Crippen molar-refractivity contribution in [2.45, 2.75) is 31.5 Å². The highest BCUT2D eigenvalue weighted by Gasteiger charge is 2.59. The van der Waals surface area contributed by atoms with Gasteiger partial charge in [-0.3, -0.25) is 10.1 Å². The summed E-state index contributed by atoms with van der Waals surface area (Å²) in [6, 6.07) is 2.12. The minimum Gasteiger partial charge on any atom is -0.320 e. The van der Waals surface area contributed by atoms with E-state index in [-0.39, 0.29) is 11.7 Å². The van der Waals surface area contributed by atoms with E-state index in [2.05, 4.69) is 41.0 Å². The molecule has 1 atom stereocenters. The van der Waals surface area contributed by atoms with Crippen LogP contribution in [0.1, 0.15) is 31.5 Å². The Kier molecular flexibility index (Phi) is 3.37. The molecule has 2 fully saturated rings. The van der Waals surface area contributed by atoms with Crippen molar-refractivity contribution in [3.8, 4) is 0 Å². The molecule has 1 saturated heterocycles. The Hall–Kier alpha value is -0.910. The van der Waals surface area contributed by atoms with Crippen LogP contribution in [0.3, 0.4) is 0 Å². The van der Waals surface area contributed by atoms with Crippen LogP contribution in [0.15, 0.2) is 16.8 Å². The number of carbonyl (C=O) groups is 1. The van der Waals surface area contributed by atoms with E-state index in [0.29, 0.717) is 5.91 Å². The van der Waals surface area contributed by atoms with Crippen molar-refractivity contribution in [2.75, 3.05) is 26.7 Å². The Morgan fingerprint density at radius 3 is 2.95 bits per heavy atom. The lowest BCUT2D eigenvalue weighted by Crippen LogP contribution is -2.37. The summed E-state index contributed by atoms with van der Waals surface area (Å²) < 4.78 is 0. The van der Waals surface area contributed by atoms with Crippen molar-refractivity contribution in [1.29, 1.82) is 0 Å². The summed E-state index contributed by atoms with van der Waals surface area (Å²) in [7, 11) is 2.10. The van der Waals surface area contributed by atoms with Gasteiger partial charge in [-0.05, 0) is 48.8 Å². The van der Waals surface area contributed by atoms with Gasteiger partial charge in [0.05, 0.1) is 0 Å². The van der Waals surface area contributed by atoms with Crippen molar-refractivity contribution in [1.82, 2.24) is 15.1 Å². The summed E-state index contributed by atoms with van der Waals surface area (Å²) in [5.41, 5.74) is 0.999. The number of nitrogens with zero attached hydrogens (tertiary/aromatic N) is 2. The number of hydrogen-bond acceptors (Lipinski definition) is 4. The Balaban J connectivity index is 1.75. The molecule has 5 heteroatoms. The first-order valence-electron chi connectivity index (χ1n) is 6.96. The summed E-state index contributed by atoms with van der Waals surface area (Å²) in [6.07, 6.45) is 2.06. The van der Waals surface area contributed by atoms with Crippen molar-refractivity contribution in [2.24, 2.45) is 0 Å². The third kappa shape index (κ3) is 2.30. The molecule has 1 aliphatic heterocycles. The highest BCUT2D eigenvalue weighted by molar-refractivity contribution is 7.07. The van der Waals surface area contributed by atoms with E-state index in [1.54, 1.807) is 11.3 Å². The highest BCUT2D eigenvalue weighted by atomic mass is 32.1. The molecule has 1 saturated carbocycles. The smallest absolute Gasteiger partial charge is 0.244 e. The molecule has 0 aromatic carbocycles. The summed E-state index contributed by atoms with van der Waals surface area (Å²) in [4.78, 5) is 16.8. The minimum atomic E-state index is -0.225. The highest BCUT2D eigenvalue weighted by Crippen LogP contribution is 2.45. The quantitative estimate of drug-likeness (QED) is 0.890. The van der Waals surface area contributed by atoms with Gasteiger partial charge in [0.2, 0.25) is 5.91 Å². The van der Waals surface area contributed by atoms with E-state index in [4.69, 9.17) is 0 Å². The lowest BCUT2D eigenvalue weighted by Gasteiger charge is -2.26. The lowest BCUT2D eigenvalue weighted by atomic mass is 10.2. The molecule has 1 unspecified atom stereocenters. The molecule has 1 spiro atoms. The predicted molar refractivity (Wildman–Crippen MR) is 77.0 cm³/mol. The second-order valence-corrected chi connectivity index (χ2v) is 6.36. The number of carbonyl (C=O) groups excluding carboxylic acids is 1. The zero-order valence-corrected chi connectivity index (χ0v) is 12.4. The second kappa shape index (κ2) is 4.89. The number of amides is 1. The molecule has 1 aliphatic carbocycles. The number of thiophene rings is 1. The molecule has 3 rings (SSSR count). The van der Waals surface area contributed by atoms with Gasteiger partial charge in [0, 0.05) is 13.1 Å². The van der Waals surface area contributed by atoms with Crippen molar-refractivity contribution < 1.29 is 4.79 Å². The predicted octanol–water partition coefficient (Wildman–Crippen LogP) is 1.66. The molecule has 2 heterocycles. The third-order valence-electron chi connectivity index (χ3n) is 4.27. The first-order valence-corrected chi connectivity index (χ1v) is 7.90. The fraction of sp³-hybridized carbons (Fsp3) is 0.643. The van der Waals surface area contributed by atoms with Crippen molar-refractivity contribution in [3.05, 3.63) is 22.4 Å². The Labute approximate surface area is 118 Å². The number of hydrogen-bond donors (Lipinski definition) is 1. The Morgan fingerprint density at radius 1 is 1.58 bits per heavy atom. The van der Waals surface area contributed by atoms with E-state index in [1.807, 2.05) is 4.90 Å². The Morgan fingerprint density at radius 2 is 2.37 bits per heavy atom. The van der Waals surface area contributed by atoms with Crippen LogP contribution in [0.5, 0.6) is 0 Å². The van der Waals surface area contributed by atoms with Gasteiger partial charge in [-0.1, -0.05) is 6.92 Å². The zero-order valence-electron chi connectivity index (χ0n) is 11.6. The third-order valence-corrected chi connectivity index (χ3v) is 4.97. The van der Waals surface area contributed by atoms with Gasteiger partial charge in [0.25, 0.3) is 0 Å². The average molecular weight is 279 g/mol. The van der Waals surface area contributed by atoms with E-state index >= 15 is 0 Å². The van der Waals surface area contributed by atoms with E-state index in [1.165, 1.54) is 5.56 Å². The molecule has 2 aliphatic rings. The van der Waals surface area contributed by atoms with Gasteiger partial charge in [-0.2, -0.15) is 11.3 Å². The monoisotopic (exact) mass is 279 g/mol. The summed E-state index contributed by atoms with van der Waals surface area (Å²) in [5.74, 6) is 0.299. The Bertz CT molecular complexity index is 455. The SMILES string of the molecule is CCN(C)CCN1C(=O)C2(CC2)NC1c1ccsc1. The van der Waals surface area contributed by atoms with Crippen LogP contribution in [0, 0.1) is 0 Å². The van der Waals surface area contributed by atoms with Crippen LogP contribution in [0.4, 0.5) is 0 Å². The van der Waals surface area contributed by atoms with Crippen molar-refractivity contribution in [3.63, 3.8) is 0 Å². The lowest BCUT2D eigenvalue weighted by molar-refractivity contribution is -0.131. The largest absolute Gasteiger partial charge is 0.320 e. The topological polar surface area (TPSA) is 35.6 Å². The second-order valence-electron chi connectivity index (χ2n) is 5.58. The standard InChI is InChI=1S/C14H21N3OS/c1-3-16(2)7-8-17-12(11-4-9-19-10-11)15-14(5-6-14)13(17)18/h4,9-10,12,15H,3,5-8H2,1-2H3. The van der Waals surface area contributed by atoms with Crippen LogP contribution >= 0.6 is 11.3 Å². The van der Waals surface area contributed by atoms with Crippen LogP contribution in [0.2, 0.25) is 0 Å². The van der Waals surface area contributed by atoms with Gasteiger partial charge in [-0.25, -0.2) is 0 Å². The molecular formula is C14H21N3OS. The molecule has 19 heavy (non-hydrogen) atoms. The maximum absolute atomic E-state index is 12.5. The van der Waals surface area contributed by atoms with Crippen LogP contribution in [0.25, 0.3) is 0 Å². The first-order chi connectivity index (χ1) is 9.16. The van der Waals surface area contributed by atoms with E-state index in [9.17, 15) is 4.79 Å². The molecular weight excluding hydrogens is 258 g/mol. The summed E-state index contributed by atoms with van der Waals surface area (Å²) >= 11 is 1.69. The molecule has 1 aromatic heterocycles. The number of nitrogens with one attached hydrogen (secondary N) is 1. The average Bonchev–Trinajstić information content (AvgIpc) is 2.89. The molecule has 0 radical (unpaired) electrons. The summed E-state index contributed by atoms with van der Waals surface area (Å²) in [6.45, 7) is 4.89. The molecule has 4 nitrogen and oxygen atoms in total. The number of likely N-dealkylation sites (N-methyl/N-ethyl adjacent to an activating group) is 1. The van der Waals surface area contributed by atoms with Gasteiger partial charge < -0.3 is 9.80 Å². The maximum atomic E-state index is 12.5. The minimum absolute atomic E-state index is 0.0755. The maximum Gasteiger partial charge on any atom is 0.244 e. The van der Waals surface area contributed by atoms with Gasteiger partial charge in [0.15, 0.2) is 0 Å².